The summed E-state index contributed by atoms with van der Waals surface area (Å²) in [5.74, 6) is -0.113. The van der Waals surface area contributed by atoms with E-state index >= 15 is 0 Å². The third-order valence-electron chi connectivity index (χ3n) is 5.53. The largest absolute Gasteiger partial charge is 0.325 e. The lowest BCUT2D eigenvalue weighted by Crippen LogP contribution is -2.50. The number of hydrogen-bond donors (Lipinski definition) is 1. The molecule has 30 heavy (non-hydrogen) atoms. The van der Waals surface area contributed by atoms with Gasteiger partial charge in [0.15, 0.2) is 0 Å². The van der Waals surface area contributed by atoms with E-state index in [9.17, 15) is 17.6 Å². The van der Waals surface area contributed by atoms with Crippen molar-refractivity contribution in [2.75, 3.05) is 38.0 Å². The summed E-state index contributed by atoms with van der Waals surface area (Å²) < 4.78 is 39.8. The number of sulfonamides is 1. The highest BCUT2D eigenvalue weighted by Crippen LogP contribution is 2.21. The van der Waals surface area contributed by atoms with E-state index in [4.69, 9.17) is 0 Å². The highest BCUT2D eigenvalue weighted by atomic mass is 32.2. The molecule has 0 bridgehead atoms. The van der Waals surface area contributed by atoms with Crippen LogP contribution in [0.1, 0.15) is 31.7 Å². The molecule has 1 heterocycles. The molecule has 6 nitrogen and oxygen atoms in total. The normalized spacial score (nSPS) is 16.9. The lowest BCUT2D eigenvalue weighted by Gasteiger charge is -2.33. The second-order valence-corrected chi connectivity index (χ2v) is 9.55. The van der Waals surface area contributed by atoms with Gasteiger partial charge in [-0.25, -0.2) is 12.8 Å². The van der Waals surface area contributed by atoms with E-state index in [0.717, 1.165) is 24.2 Å². The summed E-state index contributed by atoms with van der Waals surface area (Å²) in [4.78, 5) is 14.4. The van der Waals surface area contributed by atoms with E-state index in [0.29, 0.717) is 19.0 Å². The van der Waals surface area contributed by atoms with Crippen molar-refractivity contribution in [3.63, 3.8) is 0 Å². The van der Waals surface area contributed by atoms with Crippen LogP contribution in [0.4, 0.5) is 10.1 Å². The maximum absolute atomic E-state index is 13.1. The van der Waals surface area contributed by atoms with E-state index in [1.807, 2.05) is 29.2 Å². The van der Waals surface area contributed by atoms with Crippen molar-refractivity contribution in [2.24, 2.45) is 0 Å². The molecule has 0 saturated carbocycles. The predicted octanol–water partition coefficient (Wildman–Crippen LogP) is 3.28. The van der Waals surface area contributed by atoms with Crippen LogP contribution >= 0.6 is 0 Å². The third kappa shape index (κ3) is 5.44. The fourth-order valence-corrected chi connectivity index (χ4v) is 4.84. The Bertz CT molecular complexity index is 954. The summed E-state index contributed by atoms with van der Waals surface area (Å²) in [6.45, 7) is 6.01. The monoisotopic (exact) mass is 433 g/mol. The van der Waals surface area contributed by atoms with Crippen molar-refractivity contribution in [3.8, 4) is 0 Å². The van der Waals surface area contributed by atoms with Gasteiger partial charge in [-0.05, 0) is 54.3 Å². The zero-order chi connectivity index (χ0) is 21.7. The fraction of sp³-hybridized carbons (Fsp3) is 0.409. The number of benzene rings is 2. The molecular weight excluding hydrogens is 405 g/mol. The van der Waals surface area contributed by atoms with Gasteiger partial charge in [0.25, 0.3) is 0 Å². The number of halogens is 1. The van der Waals surface area contributed by atoms with Crippen molar-refractivity contribution in [1.29, 1.82) is 0 Å². The summed E-state index contributed by atoms with van der Waals surface area (Å²) in [5.41, 5.74) is 2.00. The molecule has 1 unspecified atom stereocenters. The molecule has 1 N–H and O–H groups in total. The molecule has 3 rings (SSSR count). The van der Waals surface area contributed by atoms with E-state index in [2.05, 4.69) is 19.2 Å². The lowest BCUT2D eigenvalue weighted by molar-refractivity contribution is -0.117. The molecule has 8 heteroatoms. The smallest absolute Gasteiger partial charge is 0.243 e. The fourth-order valence-electron chi connectivity index (χ4n) is 3.42. The Hall–Kier alpha value is -2.29. The van der Waals surface area contributed by atoms with Gasteiger partial charge in [0.1, 0.15) is 5.82 Å². The topological polar surface area (TPSA) is 69.7 Å². The molecule has 1 fully saturated rings. The number of nitrogens with one attached hydrogen (secondary N) is 1. The summed E-state index contributed by atoms with van der Waals surface area (Å²) >= 11 is 0. The molecule has 1 amide bonds. The van der Waals surface area contributed by atoms with Crippen molar-refractivity contribution >= 4 is 21.6 Å². The van der Waals surface area contributed by atoms with E-state index in [1.54, 1.807) is 0 Å². The van der Waals surface area contributed by atoms with Gasteiger partial charge in [0.05, 0.1) is 11.4 Å². The van der Waals surface area contributed by atoms with Gasteiger partial charge in [-0.15, -0.1) is 0 Å². The van der Waals surface area contributed by atoms with Gasteiger partial charge >= 0.3 is 0 Å². The van der Waals surface area contributed by atoms with Crippen LogP contribution < -0.4 is 5.32 Å². The van der Waals surface area contributed by atoms with Crippen LogP contribution in [0.3, 0.4) is 0 Å². The van der Waals surface area contributed by atoms with Crippen molar-refractivity contribution in [3.05, 3.63) is 59.9 Å². The van der Waals surface area contributed by atoms with Crippen molar-refractivity contribution < 1.29 is 17.6 Å². The van der Waals surface area contributed by atoms with Crippen LogP contribution in [0.2, 0.25) is 0 Å². The van der Waals surface area contributed by atoms with Gasteiger partial charge in [0, 0.05) is 31.9 Å². The highest BCUT2D eigenvalue weighted by Gasteiger charge is 2.29. The molecule has 1 aliphatic heterocycles. The van der Waals surface area contributed by atoms with Gasteiger partial charge in [-0.3, -0.25) is 9.69 Å². The zero-order valence-electron chi connectivity index (χ0n) is 17.3. The van der Waals surface area contributed by atoms with Gasteiger partial charge in [0.2, 0.25) is 15.9 Å². The lowest BCUT2D eigenvalue weighted by atomic mass is 9.99. The minimum Gasteiger partial charge on any atom is -0.325 e. The highest BCUT2D eigenvalue weighted by molar-refractivity contribution is 7.89. The van der Waals surface area contributed by atoms with Crippen LogP contribution in [0.15, 0.2) is 53.4 Å². The number of hydrogen-bond acceptors (Lipinski definition) is 4. The van der Waals surface area contributed by atoms with Crippen molar-refractivity contribution in [1.82, 2.24) is 9.21 Å². The average Bonchev–Trinajstić information content (AvgIpc) is 2.74. The molecule has 2 aromatic carbocycles. The Morgan fingerprint density at radius 3 is 2.20 bits per heavy atom. The van der Waals surface area contributed by atoms with E-state index in [-0.39, 0.29) is 30.4 Å². The summed E-state index contributed by atoms with van der Waals surface area (Å²) in [6, 6.07) is 12.7. The third-order valence-corrected chi connectivity index (χ3v) is 7.44. The average molecular weight is 434 g/mol. The number of amides is 1. The van der Waals surface area contributed by atoms with E-state index < -0.39 is 15.8 Å². The first-order chi connectivity index (χ1) is 14.3. The maximum Gasteiger partial charge on any atom is 0.243 e. The van der Waals surface area contributed by atoms with Gasteiger partial charge in [-0.1, -0.05) is 26.0 Å². The maximum atomic E-state index is 13.1. The van der Waals surface area contributed by atoms with Crippen molar-refractivity contribution in [2.45, 2.75) is 31.1 Å². The number of nitrogens with zero attached hydrogens (tertiary/aromatic N) is 2. The Balaban J connectivity index is 1.50. The number of piperazine rings is 1. The number of carbonyl (C=O) groups is 1. The molecule has 2 aromatic rings. The minimum atomic E-state index is -3.65. The number of carbonyl (C=O) groups excluding carboxylic acids is 1. The molecule has 0 spiro atoms. The molecule has 1 saturated heterocycles. The molecule has 0 aromatic heterocycles. The summed E-state index contributed by atoms with van der Waals surface area (Å²) in [6.07, 6.45) is 1.06. The second kappa shape index (κ2) is 9.68. The predicted molar refractivity (Wildman–Crippen MR) is 115 cm³/mol. The number of rotatable bonds is 7. The van der Waals surface area contributed by atoms with Crippen LogP contribution in [0.25, 0.3) is 0 Å². The summed E-state index contributed by atoms with van der Waals surface area (Å²) in [7, 11) is -3.65. The van der Waals surface area contributed by atoms with Crippen LogP contribution in [-0.2, 0) is 14.8 Å². The standard InChI is InChI=1S/C22H28FN3O3S/c1-3-17(2)18-4-8-20(9-5-18)24-22(27)16-25-12-14-26(15-13-25)30(28,29)21-10-6-19(23)7-11-21/h4-11,17H,3,12-16H2,1-2H3,(H,24,27). The SMILES string of the molecule is CCC(C)c1ccc(NC(=O)CN2CCN(S(=O)(=O)c3ccc(F)cc3)CC2)cc1. The molecule has 1 atom stereocenters. The van der Waals surface area contributed by atoms with Crippen LogP contribution in [-0.4, -0.2) is 56.3 Å². The second-order valence-electron chi connectivity index (χ2n) is 7.61. The minimum absolute atomic E-state index is 0.0796. The Morgan fingerprint density at radius 1 is 1.03 bits per heavy atom. The van der Waals surface area contributed by atoms with Gasteiger partial charge < -0.3 is 5.32 Å². The zero-order valence-corrected chi connectivity index (χ0v) is 18.2. The quantitative estimate of drug-likeness (QED) is 0.728. The summed E-state index contributed by atoms with van der Waals surface area (Å²) in [5, 5.41) is 2.90. The molecule has 0 aliphatic carbocycles. The van der Waals surface area contributed by atoms with Crippen LogP contribution in [0.5, 0.6) is 0 Å². The van der Waals surface area contributed by atoms with Crippen LogP contribution in [0, 0.1) is 5.82 Å². The Labute approximate surface area is 177 Å². The number of anilines is 1. The molecule has 1 aliphatic rings. The molecular formula is C22H28FN3O3S. The van der Waals surface area contributed by atoms with E-state index in [1.165, 1.54) is 22.0 Å². The Kier molecular flexibility index (Phi) is 7.23. The first kappa shape index (κ1) is 22.4. The van der Waals surface area contributed by atoms with Gasteiger partial charge in [-0.2, -0.15) is 4.31 Å². The first-order valence-corrected chi connectivity index (χ1v) is 11.6. The molecule has 0 radical (unpaired) electrons. The Morgan fingerprint density at radius 2 is 1.63 bits per heavy atom. The first-order valence-electron chi connectivity index (χ1n) is 10.2. The molecule has 162 valence electrons.